The number of hydrogen-bond donors (Lipinski definition) is 1. The van der Waals surface area contributed by atoms with Crippen LogP contribution in [0.3, 0.4) is 0 Å². The standard InChI is InChI=1S/C11H17N3O2S/c1-9-7-14(8-10(2)13-9)17(15,16)11-4-3-5-12-6-11/h3-6,9-10,13H,7-8H2,1-2H3/t9-,10+. The molecule has 1 saturated heterocycles. The summed E-state index contributed by atoms with van der Waals surface area (Å²) in [5, 5.41) is 3.31. The van der Waals surface area contributed by atoms with Crippen molar-refractivity contribution in [3.05, 3.63) is 24.5 Å². The summed E-state index contributed by atoms with van der Waals surface area (Å²) >= 11 is 0. The van der Waals surface area contributed by atoms with Crippen molar-refractivity contribution in [2.45, 2.75) is 30.8 Å². The first kappa shape index (κ1) is 12.5. The molecule has 1 aliphatic rings. The molecule has 1 N–H and O–H groups in total. The van der Waals surface area contributed by atoms with Gasteiger partial charge in [0.15, 0.2) is 0 Å². The van der Waals surface area contributed by atoms with Crippen LogP contribution in [0.2, 0.25) is 0 Å². The summed E-state index contributed by atoms with van der Waals surface area (Å²) in [5.41, 5.74) is 0. The predicted molar refractivity (Wildman–Crippen MR) is 65.1 cm³/mol. The Morgan fingerprint density at radius 3 is 2.53 bits per heavy atom. The summed E-state index contributed by atoms with van der Waals surface area (Å²) < 4.78 is 26.2. The number of pyridine rings is 1. The van der Waals surface area contributed by atoms with Crippen molar-refractivity contribution >= 4 is 10.0 Å². The van der Waals surface area contributed by atoms with Crippen molar-refractivity contribution in [3.63, 3.8) is 0 Å². The van der Waals surface area contributed by atoms with Crippen molar-refractivity contribution in [2.75, 3.05) is 13.1 Å². The first-order chi connectivity index (χ1) is 8.00. The minimum atomic E-state index is -3.40. The highest BCUT2D eigenvalue weighted by atomic mass is 32.2. The molecule has 2 atom stereocenters. The maximum absolute atomic E-state index is 12.3. The van der Waals surface area contributed by atoms with E-state index in [0.717, 1.165) is 0 Å². The predicted octanol–water partition coefficient (Wildman–Crippen LogP) is 0.453. The van der Waals surface area contributed by atoms with Gasteiger partial charge in [0, 0.05) is 37.6 Å². The zero-order valence-corrected chi connectivity index (χ0v) is 10.8. The number of hydrogen-bond acceptors (Lipinski definition) is 4. The van der Waals surface area contributed by atoms with Gasteiger partial charge in [-0.25, -0.2) is 8.42 Å². The fraction of sp³-hybridized carbons (Fsp3) is 0.545. The van der Waals surface area contributed by atoms with E-state index in [1.807, 2.05) is 13.8 Å². The first-order valence-electron chi connectivity index (χ1n) is 5.66. The smallest absolute Gasteiger partial charge is 0.244 e. The van der Waals surface area contributed by atoms with Crippen LogP contribution in [-0.2, 0) is 10.0 Å². The highest BCUT2D eigenvalue weighted by Crippen LogP contribution is 2.17. The molecule has 17 heavy (non-hydrogen) atoms. The second kappa shape index (κ2) is 4.72. The third-order valence-corrected chi connectivity index (χ3v) is 4.61. The molecule has 0 saturated carbocycles. The van der Waals surface area contributed by atoms with E-state index in [2.05, 4.69) is 10.3 Å². The minimum absolute atomic E-state index is 0.171. The second-order valence-electron chi connectivity index (χ2n) is 4.48. The molecule has 0 aromatic carbocycles. The molecule has 0 bridgehead atoms. The van der Waals surface area contributed by atoms with Crippen LogP contribution in [0.5, 0.6) is 0 Å². The fourth-order valence-corrected chi connectivity index (χ4v) is 3.70. The Balaban J connectivity index is 2.27. The van der Waals surface area contributed by atoms with E-state index in [1.165, 1.54) is 10.5 Å². The van der Waals surface area contributed by atoms with Crippen LogP contribution in [0, 0.1) is 0 Å². The third kappa shape index (κ3) is 2.65. The van der Waals surface area contributed by atoms with E-state index in [1.54, 1.807) is 18.3 Å². The second-order valence-corrected chi connectivity index (χ2v) is 6.42. The largest absolute Gasteiger partial charge is 0.309 e. The Labute approximate surface area is 102 Å². The molecule has 0 radical (unpaired) electrons. The van der Waals surface area contributed by atoms with Crippen LogP contribution in [0.25, 0.3) is 0 Å². The monoisotopic (exact) mass is 255 g/mol. The molecule has 0 unspecified atom stereocenters. The van der Waals surface area contributed by atoms with Crippen molar-refractivity contribution in [1.82, 2.24) is 14.6 Å². The van der Waals surface area contributed by atoms with E-state index in [0.29, 0.717) is 13.1 Å². The molecule has 5 nitrogen and oxygen atoms in total. The summed E-state index contributed by atoms with van der Waals surface area (Å²) in [6.07, 6.45) is 2.97. The van der Waals surface area contributed by atoms with Crippen LogP contribution < -0.4 is 5.32 Å². The Bertz CT molecular complexity index is 465. The first-order valence-corrected chi connectivity index (χ1v) is 7.10. The van der Waals surface area contributed by atoms with Gasteiger partial charge in [0.25, 0.3) is 0 Å². The molecular weight excluding hydrogens is 238 g/mol. The van der Waals surface area contributed by atoms with Crippen molar-refractivity contribution < 1.29 is 8.42 Å². The van der Waals surface area contributed by atoms with Gasteiger partial charge < -0.3 is 5.32 Å². The quantitative estimate of drug-likeness (QED) is 0.833. The van der Waals surface area contributed by atoms with E-state index in [4.69, 9.17) is 0 Å². The number of rotatable bonds is 2. The molecule has 2 rings (SSSR count). The van der Waals surface area contributed by atoms with Gasteiger partial charge in [0.2, 0.25) is 10.0 Å². The molecule has 1 aromatic heterocycles. The number of nitrogens with one attached hydrogen (secondary N) is 1. The molecule has 0 spiro atoms. The number of sulfonamides is 1. The maximum Gasteiger partial charge on any atom is 0.244 e. The van der Waals surface area contributed by atoms with Crippen LogP contribution in [0.15, 0.2) is 29.4 Å². The molecule has 2 heterocycles. The normalized spacial score (nSPS) is 26.9. The van der Waals surface area contributed by atoms with E-state index in [9.17, 15) is 8.42 Å². The molecule has 1 aromatic rings. The topological polar surface area (TPSA) is 62.3 Å². The molecular formula is C11H17N3O2S. The lowest BCUT2D eigenvalue weighted by molar-refractivity contribution is 0.263. The Hall–Kier alpha value is -0.980. The van der Waals surface area contributed by atoms with Gasteiger partial charge in [0.1, 0.15) is 4.90 Å². The van der Waals surface area contributed by atoms with Crippen molar-refractivity contribution in [1.29, 1.82) is 0 Å². The molecule has 0 aliphatic carbocycles. The average molecular weight is 255 g/mol. The summed E-state index contributed by atoms with van der Waals surface area (Å²) in [6.45, 7) is 4.98. The maximum atomic E-state index is 12.3. The lowest BCUT2D eigenvalue weighted by atomic mass is 10.2. The molecule has 0 amide bonds. The van der Waals surface area contributed by atoms with Gasteiger partial charge in [-0.2, -0.15) is 4.31 Å². The van der Waals surface area contributed by atoms with Gasteiger partial charge in [0.05, 0.1) is 0 Å². The van der Waals surface area contributed by atoms with Gasteiger partial charge in [-0.1, -0.05) is 0 Å². The lowest BCUT2D eigenvalue weighted by Gasteiger charge is -2.35. The highest BCUT2D eigenvalue weighted by Gasteiger charge is 2.31. The zero-order valence-electron chi connectivity index (χ0n) is 10.00. The van der Waals surface area contributed by atoms with E-state index >= 15 is 0 Å². The number of aromatic nitrogens is 1. The van der Waals surface area contributed by atoms with Gasteiger partial charge in [-0.15, -0.1) is 0 Å². The van der Waals surface area contributed by atoms with E-state index in [-0.39, 0.29) is 17.0 Å². The van der Waals surface area contributed by atoms with Crippen LogP contribution in [-0.4, -0.2) is 42.9 Å². The SMILES string of the molecule is C[C@@H]1CN(S(=O)(=O)c2cccnc2)C[C@H](C)N1. The van der Waals surface area contributed by atoms with Crippen molar-refractivity contribution in [2.24, 2.45) is 0 Å². The molecule has 1 aliphatic heterocycles. The Kier molecular flexibility index (Phi) is 3.46. The third-order valence-electron chi connectivity index (χ3n) is 2.80. The zero-order chi connectivity index (χ0) is 12.5. The number of nitrogens with zero attached hydrogens (tertiary/aromatic N) is 2. The van der Waals surface area contributed by atoms with Crippen LogP contribution in [0.1, 0.15) is 13.8 Å². The molecule has 6 heteroatoms. The minimum Gasteiger partial charge on any atom is -0.309 e. The van der Waals surface area contributed by atoms with Gasteiger partial charge >= 0.3 is 0 Å². The van der Waals surface area contributed by atoms with Crippen molar-refractivity contribution in [3.8, 4) is 0 Å². The summed E-state index contributed by atoms with van der Waals surface area (Å²) in [6, 6.07) is 3.57. The molecule has 94 valence electrons. The Morgan fingerprint density at radius 1 is 1.35 bits per heavy atom. The van der Waals surface area contributed by atoms with E-state index < -0.39 is 10.0 Å². The molecule has 1 fully saturated rings. The number of piperazine rings is 1. The average Bonchev–Trinajstić information content (AvgIpc) is 2.29. The van der Waals surface area contributed by atoms with Crippen LogP contribution >= 0.6 is 0 Å². The van der Waals surface area contributed by atoms with Gasteiger partial charge in [-0.05, 0) is 26.0 Å². The highest BCUT2D eigenvalue weighted by molar-refractivity contribution is 7.89. The summed E-state index contributed by atoms with van der Waals surface area (Å²) in [4.78, 5) is 4.13. The van der Waals surface area contributed by atoms with Gasteiger partial charge in [-0.3, -0.25) is 4.98 Å². The fourth-order valence-electron chi connectivity index (χ4n) is 2.12. The summed E-state index contributed by atoms with van der Waals surface area (Å²) in [5.74, 6) is 0. The van der Waals surface area contributed by atoms with Crippen LogP contribution in [0.4, 0.5) is 0 Å². The lowest BCUT2D eigenvalue weighted by Crippen LogP contribution is -2.55. The Morgan fingerprint density at radius 2 is 2.00 bits per heavy atom. The summed E-state index contributed by atoms with van der Waals surface area (Å²) in [7, 11) is -3.40.